The van der Waals surface area contributed by atoms with Crippen molar-refractivity contribution in [3.63, 3.8) is 0 Å². The molecule has 1 aliphatic carbocycles. The first-order valence-electron chi connectivity index (χ1n) is 7.02. The lowest BCUT2D eigenvalue weighted by Gasteiger charge is -2.43. The van der Waals surface area contributed by atoms with Gasteiger partial charge in [-0.05, 0) is 37.3 Å². The molecule has 1 heterocycles. The summed E-state index contributed by atoms with van der Waals surface area (Å²) in [7, 11) is 1.76. The van der Waals surface area contributed by atoms with Gasteiger partial charge in [0.2, 0.25) is 0 Å². The Morgan fingerprint density at radius 2 is 2.26 bits per heavy atom. The second kappa shape index (κ2) is 5.47. The van der Waals surface area contributed by atoms with Crippen molar-refractivity contribution in [2.75, 3.05) is 12.8 Å². The Morgan fingerprint density at radius 1 is 1.53 bits per heavy atom. The average Bonchev–Trinajstić information content (AvgIpc) is 2.38. The molecule has 1 saturated carbocycles. The maximum Gasteiger partial charge on any atom is 0.128 e. The number of rotatable bonds is 3. The molecule has 0 amide bonds. The predicted molar refractivity (Wildman–Crippen MR) is 77.7 cm³/mol. The van der Waals surface area contributed by atoms with Crippen LogP contribution in [0.1, 0.15) is 49.8 Å². The van der Waals surface area contributed by atoms with Crippen LogP contribution in [0.15, 0.2) is 12.3 Å². The van der Waals surface area contributed by atoms with Crippen LogP contribution in [0.25, 0.3) is 0 Å². The number of ether oxygens (including phenoxy) is 1. The van der Waals surface area contributed by atoms with E-state index >= 15 is 0 Å². The molecule has 4 nitrogen and oxygen atoms in total. The van der Waals surface area contributed by atoms with Crippen molar-refractivity contribution in [1.82, 2.24) is 4.98 Å². The molecule has 106 valence electrons. The van der Waals surface area contributed by atoms with Gasteiger partial charge < -0.3 is 16.2 Å². The van der Waals surface area contributed by atoms with E-state index in [2.05, 4.69) is 11.9 Å². The van der Waals surface area contributed by atoms with Crippen molar-refractivity contribution >= 4 is 5.82 Å². The Morgan fingerprint density at radius 3 is 2.84 bits per heavy atom. The molecule has 0 spiro atoms. The molecule has 4 N–H and O–H groups in total. The first-order chi connectivity index (χ1) is 9.00. The zero-order valence-electron chi connectivity index (χ0n) is 12.1. The molecule has 1 fully saturated rings. The third-order valence-corrected chi connectivity index (χ3v) is 4.51. The third kappa shape index (κ3) is 2.60. The van der Waals surface area contributed by atoms with E-state index in [1.165, 1.54) is 6.42 Å². The van der Waals surface area contributed by atoms with Crippen molar-refractivity contribution in [2.45, 2.75) is 51.2 Å². The molecule has 1 aromatic heterocycles. The van der Waals surface area contributed by atoms with Crippen molar-refractivity contribution in [1.29, 1.82) is 0 Å². The van der Waals surface area contributed by atoms with Crippen LogP contribution in [0.5, 0.6) is 0 Å². The van der Waals surface area contributed by atoms with E-state index in [0.717, 1.165) is 30.4 Å². The molecule has 19 heavy (non-hydrogen) atoms. The summed E-state index contributed by atoms with van der Waals surface area (Å²) in [5.74, 6) is 1.17. The molecule has 2 rings (SSSR count). The van der Waals surface area contributed by atoms with Crippen LogP contribution in [-0.2, 0) is 4.74 Å². The summed E-state index contributed by atoms with van der Waals surface area (Å²) in [5.41, 5.74) is 14.3. The second-order valence-electron chi connectivity index (χ2n) is 5.87. The van der Waals surface area contributed by atoms with Crippen LogP contribution in [0.3, 0.4) is 0 Å². The van der Waals surface area contributed by atoms with Gasteiger partial charge in [-0.15, -0.1) is 0 Å². The standard InChI is InChI=1S/C15H25N3O/c1-10-5-4-7-15(9-10,19-3)13(16)12-11(2)6-8-18-14(12)17/h6,8,10,13H,4-5,7,9,16H2,1-3H3,(H2,17,18). The van der Waals surface area contributed by atoms with Gasteiger partial charge in [-0.2, -0.15) is 0 Å². The van der Waals surface area contributed by atoms with E-state index < -0.39 is 0 Å². The van der Waals surface area contributed by atoms with Gasteiger partial charge >= 0.3 is 0 Å². The molecule has 3 unspecified atom stereocenters. The number of nitrogen functional groups attached to an aromatic ring is 1. The summed E-state index contributed by atoms with van der Waals surface area (Å²) >= 11 is 0. The average molecular weight is 263 g/mol. The van der Waals surface area contributed by atoms with E-state index in [9.17, 15) is 0 Å². The summed E-state index contributed by atoms with van der Waals surface area (Å²) in [6, 6.07) is 1.75. The highest BCUT2D eigenvalue weighted by molar-refractivity contribution is 5.47. The van der Waals surface area contributed by atoms with Gasteiger partial charge in [0.1, 0.15) is 5.82 Å². The van der Waals surface area contributed by atoms with E-state index in [-0.39, 0.29) is 11.6 Å². The number of methoxy groups -OCH3 is 1. The quantitative estimate of drug-likeness (QED) is 0.879. The number of nitrogens with two attached hydrogens (primary N) is 2. The van der Waals surface area contributed by atoms with Gasteiger partial charge in [-0.3, -0.25) is 0 Å². The van der Waals surface area contributed by atoms with Crippen molar-refractivity contribution in [3.8, 4) is 0 Å². The fourth-order valence-electron chi connectivity index (χ4n) is 3.40. The van der Waals surface area contributed by atoms with Crippen molar-refractivity contribution in [2.24, 2.45) is 11.7 Å². The largest absolute Gasteiger partial charge is 0.383 e. The summed E-state index contributed by atoms with van der Waals surface area (Å²) < 4.78 is 5.87. The maximum absolute atomic E-state index is 6.53. The number of aromatic nitrogens is 1. The second-order valence-corrected chi connectivity index (χ2v) is 5.87. The molecule has 1 aliphatic rings. The molecule has 1 aromatic rings. The molecule has 4 heteroatoms. The molecule has 0 bridgehead atoms. The third-order valence-electron chi connectivity index (χ3n) is 4.51. The minimum absolute atomic E-state index is 0.214. The SMILES string of the molecule is COC1(C(N)c2c(C)ccnc2N)CCCC(C)C1. The fraction of sp³-hybridized carbons (Fsp3) is 0.667. The Bertz CT molecular complexity index is 429. The highest BCUT2D eigenvalue weighted by atomic mass is 16.5. The van der Waals surface area contributed by atoms with Crippen LogP contribution in [0.2, 0.25) is 0 Å². The van der Waals surface area contributed by atoms with Crippen molar-refractivity contribution in [3.05, 3.63) is 23.4 Å². The molecule has 0 radical (unpaired) electrons. The molecule has 3 atom stereocenters. The van der Waals surface area contributed by atoms with Crippen LogP contribution in [-0.4, -0.2) is 17.7 Å². The number of anilines is 1. The van der Waals surface area contributed by atoms with Gasteiger partial charge in [0, 0.05) is 18.9 Å². The number of hydrogen-bond acceptors (Lipinski definition) is 4. The summed E-state index contributed by atoms with van der Waals surface area (Å²) in [6.07, 6.45) is 6.10. The van der Waals surface area contributed by atoms with Crippen LogP contribution in [0.4, 0.5) is 5.82 Å². The zero-order valence-corrected chi connectivity index (χ0v) is 12.1. The Balaban J connectivity index is 2.38. The lowest BCUT2D eigenvalue weighted by atomic mass is 9.72. The smallest absolute Gasteiger partial charge is 0.128 e. The number of aryl methyl sites for hydroxylation is 1. The van der Waals surface area contributed by atoms with E-state index in [4.69, 9.17) is 16.2 Å². The lowest BCUT2D eigenvalue weighted by molar-refractivity contribution is -0.0718. The summed E-state index contributed by atoms with van der Waals surface area (Å²) in [5, 5.41) is 0. The number of pyridine rings is 1. The highest BCUT2D eigenvalue weighted by Gasteiger charge is 2.42. The normalized spacial score (nSPS) is 29.2. The van der Waals surface area contributed by atoms with E-state index in [0.29, 0.717) is 11.7 Å². The lowest BCUT2D eigenvalue weighted by Crippen LogP contribution is -2.47. The van der Waals surface area contributed by atoms with Gasteiger partial charge in [0.15, 0.2) is 0 Å². The molecule has 0 aromatic carbocycles. The molecule has 0 saturated heterocycles. The summed E-state index contributed by atoms with van der Waals surface area (Å²) in [6.45, 7) is 4.29. The Labute approximate surface area is 115 Å². The minimum Gasteiger partial charge on any atom is -0.383 e. The Kier molecular flexibility index (Phi) is 4.11. The van der Waals surface area contributed by atoms with Gasteiger partial charge in [-0.25, -0.2) is 4.98 Å². The minimum atomic E-state index is -0.306. The van der Waals surface area contributed by atoms with Crippen LogP contribution < -0.4 is 11.5 Å². The summed E-state index contributed by atoms with van der Waals surface area (Å²) in [4.78, 5) is 4.18. The molecular weight excluding hydrogens is 238 g/mol. The monoisotopic (exact) mass is 263 g/mol. The maximum atomic E-state index is 6.53. The van der Waals surface area contributed by atoms with E-state index in [1.54, 1.807) is 13.3 Å². The van der Waals surface area contributed by atoms with Crippen LogP contribution >= 0.6 is 0 Å². The highest BCUT2D eigenvalue weighted by Crippen LogP contribution is 2.43. The van der Waals surface area contributed by atoms with Gasteiger partial charge in [0.05, 0.1) is 11.6 Å². The first kappa shape index (κ1) is 14.3. The van der Waals surface area contributed by atoms with Gasteiger partial charge in [0.25, 0.3) is 0 Å². The van der Waals surface area contributed by atoms with Crippen molar-refractivity contribution < 1.29 is 4.74 Å². The number of hydrogen-bond donors (Lipinski definition) is 2. The Hall–Kier alpha value is -1.13. The topological polar surface area (TPSA) is 74.2 Å². The molecular formula is C15H25N3O. The fourth-order valence-corrected chi connectivity index (χ4v) is 3.40. The number of nitrogens with zero attached hydrogens (tertiary/aromatic N) is 1. The van der Waals surface area contributed by atoms with E-state index in [1.807, 2.05) is 13.0 Å². The first-order valence-corrected chi connectivity index (χ1v) is 7.02. The zero-order chi connectivity index (χ0) is 14.0. The van der Waals surface area contributed by atoms with Gasteiger partial charge in [-0.1, -0.05) is 19.8 Å². The van der Waals surface area contributed by atoms with Crippen LogP contribution in [0, 0.1) is 12.8 Å². The molecule has 0 aliphatic heterocycles. The predicted octanol–water partition coefficient (Wildman–Crippen LogP) is 2.57.